The van der Waals surface area contributed by atoms with Gasteiger partial charge in [0.1, 0.15) is 0 Å². The first-order chi connectivity index (χ1) is 10.1. The summed E-state index contributed by atoms with van der Waals surface area (Å²) in [5.41, 5.74) is 7.87. The zero-order valence-corrected chi connectivity index (χ0v) is 11.6. The van der Waals surface area contributed by atoms with E-state index < -0.39 is 0 Å². The number of anilines is 2. The van der Waals surface area contributed by atoms with Crippen LogP contribution in [0.15, 0.2) is 42.5 Å². The predicted molar refractivity (Wildman–Crippen MR) is 80.5 cm³/mol. The Balaban J connectivity index is 1.79. The van der Waals surface area contributed by atoms with Gasteiger partial charge in [0, 0.05) is 12.1 Å². The van der Waals surface area contributed by atoms with Gasteiger partial charge in [0.2, 0.25) is 12.7 Å². The van der Waals surface area contributed by atoms with Crippen molar-refractivity contribution in [1.29, 1.82) is 0 Å². The second-order valence-corrected chi connectivity index (χ2v) is 4.91. The van der Waals surface area contributed by atoms with Gasteiger partial charge >= 0.3 is 0 Å². The van der Waals surface area contributed by atoms with Gasteiger partial charge in [0.25, 0.3) is 0 Å². The van der Waals surface area contributed by atoms with Crippen LogP contribution in [0.2, 0.25) is 0 Å². The maximum absolute atomic E-state index is 12.3. The van der Waals surface area contributed by atoms with Gasteiger partial charge < -0.3 is 20.5 Å². The zero-order chi connectivity index (χ0) is 14.8. The lowest BCUT2D eigenvalue weighted by atomic mass is 10.0. The lowest BCUT2D eigenvalue weighted by Crippen LogP contribution is -2.19. The van der Waals surface area contributed by atoms with Crippen LogP contribution >= 0.6 is 0 Å². The molecule has 108 valence electrons. The molecule has 0 saturated heterocycles. The fourth-order valence-electron chi connectivity index (χ4n) is 2.20. The van der Waals surface area contributed by atoms with Crippen molar-refractivity contribution in [3.63, 3.8) is 0 Å². The van der Waals surface area contributed by atoms with Crippen molar-refractivity contribution < 1.29 is 14.3 Å². The lowest BCUT2D eigenvalue weighted by Gasteiger charge is -2.14. The molecule has 0 spiro atoms. The van der Waals surface area contributed by atoms with Crippen LogP contribution in [0.4, 0.5) is 11.4 Å². The second-order valence-electron chi connectivity index (χ2n) is 4.91. The molecule has 0 fully saturated rings. The number of carbonyl (C=O) groups is 1. The second kappa shape index (κ2) is 5.36. The number of hydrogen-bond donors (Lipinski definition) is 2. The number of carbonyl (C=O) groups excluding carboxylic acids is 1. The number of ether oxygens (including phenoxy) is 2. The predicted octanol–water partition coefficient (Wildman–Crippen LogP) is 2.74. The first kappa shape index (κ1) is 13.3. The number of fused-ring (bicyclic) bond motifs is 1. The molecule has 21 heavy (non-hydrogen) atoms. The van der Waals surface area contributed by atoms with Gasteiger partial charge in [0.05, 0.1) is 17.3 Å². The fourth-order valence-corrected chi connectivity index (χ4v) is 2.20. The van der Waals surface area contributed by atoms with E-state index in [0.717, 1.165) is 5.56 Å². The molecule has 0 aliphatic carbocycles. The van der Waals surface area contributed by atoms with Crippen LogP contribution in [-0.2, 0) is 4.79 Å². The Morgan fingerprint density at radius 1 is 1.19 bits per heavy atom. The summed E-state index contributed by atoms with van der Waals surface area (Å²) in [5.74, 6) is 0.802. The zero-order valence-electron chi connectivity index (χ0n) is 11.6. The van der Waals surface area contributed by atoms with E-state index in [1.54, 1.807) is 12.1 Å². The summed E-state index contributed by atoms with van der Waals surface area (Å²) in [6.45, 7) is 2.03. The normalized spacial score (nSPS) is 13.8. The van der Waals surface area contributed by atoms with Crippen LogP contribution in [0, 0.1) is 0 Å². The van der Waals surface area contributed by atoms with Gasteiger partial charge in [0.15, 0.2) is 11.5 Å². The van der Waals surface area contributed by atoms with Gasteiger partial charge in [-0.05, 0) is 12.5 Å². The topological polar surface area (TPSA) is 73.6 Å². The van der Waals surface area contributed by atoms with Crippen molar-refractivity contribution in [3.8, 4) is 11.5 Å². The Morgan fingerprint density at radius 2 is 1.86 bits per heavy atom. The molecule has 0 aromatic heterocycles. The highest BCUT2D eigenvalue weighted by Crippen LogP contribution is 2.38. The molecule has 1 amide bonds. The number of rotatable bonds is 3. The minimum Gasteiger partial charge on any atom is -0.454 e. The van der Waals surface area contributed by atoms with Crippen molar-refractivity contribution in [1.82, 2.24) is 0 Å². The van der Waals surface area contributed by atoms with Crippen molar-refractivity contribution in [2.24, 2.45) is 0 Å². The van der Waals surface area contributed by atoms with E-state index in [4.69, 9.17) is 15.2 Å². The molecule has 3 N–H and O–H groups in total. The first-order valence-electron chi connectivity index (χ1n) is 6.70. The highest BCUT2D eigenvalue weighted by Gasteiger charge is 2.20. The average Bonchev–Trinajstić information content (AvgIpc) is 2.94. The summed E-state index contributed by atoms with van der Waals surface area (Å²) in [7, 11) is 0. The molecule has 1 aliphatic heterocycles. The number of nitrogens with one attached hydrogen (secondary N) is 1. The maximum atomic E-state index is 12.3. The van der Waals surface area contributed by atoms with Gasteiger partial charge in [-0.2, -0.15) is 0 Å². The van der Waals surface area contributed by atoms with Crippen LogP contribution in [0.5, 0.6) is 11.5 Å². The third kappa shape index (κ3) is 2.63. The largest absolute Gasteiger partial charge is 0.454 e. The van der Waals surface area contributed by atoms with E-state index in [1.165, 1.54) is 0 Å². The summed E-state index contributed by atoms with van der Waals surface area (Å²) in [4.78, 5) is 12.3. The average molecular weight is 284 g/mol. The van der Waals surface area contributed by atoms with E-state index in [1.807, 2.05) is 37.3 Å². The van der Waals surface area contributed by atoms with Crippen LogP contribution in [0.1, 0.15) is 18.4 Å². The SMILES string of the molecule is CC(C(=O)Nc1cc2c(cc1N)OCO2)c1ccccc1. The van der Waals surface area contributed by atoms with E-state index >= 15 is 0 Å². The van der Waals surface area contributed by atoms with E-state index in [2.05, 4.69) is 5.32 Å². The standard InChI is InChI=1S/C16H16N2O3/c1-10(11-5-3-2-4-6-11)16(19)18-13-8-15-14(7-12(13)17)20-9-21-15/h2-8,10H,9,17H2,1H3,(H,18,19). The van der Waals surface area contributed by atoms with Crippen molar-refractivity contribution in [2.75, 3.05) is 17.8 Å². The summed E-state index contributed by atoms with van der Waals surface area (Å²) in [5, 5.41) is 2.84. The molecular formula is C16H16N2O3. The molecule has 2 aromatic rings. The molecule has 2 aromatic carbocycles. The van der Waals surface area contributed by atoms with Gasteiger partial charge in [-0.3, -0.25) is 4.79 Å². The molecule has 0 saturated carbocycles. The quantitative estimate of drug-likeness (QED) is 0.850. The van der Waals surface area contributed by atoms with E-state index in [0.29, 0.717) is 22.9 Å². The van der Waals surface area contributed by atoms with Crippen molar-refractivity contribution in [3.05, 3.63) is 48.0 Å². The molecule has 0 radical (unpaired) electrons. The third-order valence-corrected chi connectivity index (χ3v) is 3.50. The Bertz CT molecular complexity index is 671. The van der Waals surface area contributed by atoms with Crippen LogP contribution < -0.4 is 20.5 Å². The van der Waals surface area contributed by atoms with Crippen LogP contribution in [0.25, 0.3) is 0 Å². The van der Waals surface area contributed by atoms with Gasteiger partial charge in [-0.25, -0.2) is 0 Å². The molecule has 3 rings (SSSR count). The van der Waals surface area contributed by atoms with E-state index in [-0.39, 0.29) is 18.6 Å². The number of hydrogen-bond acceptors (Lipinski definition) is 4. The summed E-state index contributed by atoms with van der Waals surface area (Å²) < 4.78 is 10.5. The van der Waals surface area contributed by atoms with Crippen molar-refractivity contribution >= 4 is 17.3 Å². The molecule has 1 heterocycles. The molecule has 5 heteroatoms. The highest BCUT2D eigenvalue weighted by atomic mass is 16.7. The molecule has 1 unspecified atom stereocenters. The monoisotopic (exact) mass is 284 g/mol. The Kier molecular flexibility index (Phi) is 3.39. The summed E-state index contributed by atoms with van der Waals surface area (Å²) >= 11 is 0. The highest BCUT2D eigenvalue weighted by molar-refractivity contribution is 5.98. The number of amides is 1. The Hall–Kier alpha value is -2.69. The minimum atomic E-state index is -0.268. The summed E-state index contributed by atoms with van der Waals surface area (Å²) in [6, 6.07) is 12.9. The smallest absolute Gasteiger partial charge is 0.231 e. The fraction of sp³-hybridized carbons (Fsp3) is 0.188. The van der Waals surface area contributed by atoms with Gasteiger partial charge in [-0.15, -0.1) is 0 Å². The maximum Gasteiger partial charge on any atom is 0.231 e. The molecular weight excluding hydrogens is 268 g/mol. The van der Waals surface area contributed by atoms with Crippen LogP contribution in [0.3, 0.4) is 0 Å². The molecule has 0 bridgehead atoms. The lowest BCUT2D eigenvalue weighted by molar-refractivity contribution is -0.117. The van der Waals surface area contributed by atoms with Gasteiger partial charge in [-0.1, -0.05) is 30.3 Å². The molecule has 1 aliphatic rings. The molecule has 1 atom stereocenters. The van der Waals surface area contributed by atoms with Crippen molar-refractivity contribution in [2.45, 2.75) is 12.8 Å². The number of nitrogen functional groups attached to an aromatic ring is 1. The summed E-state index contributed by atoms with van der Waals surface area (Å²) in [6.07, 6.45) is 0. The number of nitrogens with two attached hydrogens (primary N) is 1. The Morgan fingerprint density at radius 3 is 2.57 bits per heavy atom. The van der Waals surface area contributed by atoms with E-state index in [9.17, 15) is 4.79 Å². The minimum absolute atomic E-state index is 0.119. The number of benzene rings is 2. The first-order valence-corrected chi connectivity index (χ1v) is 6.70. The van der Waals surface area contributed by atoms with Crippen LogP contribution in [-0.4, -0.2) is 12.7 Å². The third-order valence-electron chi connectivity index (χ3n) is 3.50. The molecule has 5 nitrogen and oxygen atoms in total. The Labute approximate surface area is 122 Å².